The van der Waals surface area contributed by atoms with Crippen molar-refractivity contribution in [1.82, 2.24) is 9.55 Å². The fourth-order valence-corrected chi connectivity index (χ4v) is 4.24. The second-order valence-electron chi connectivity index (χ2n) is 8.19. The first-order valence-corrected chi connectivity index (χ1v) is 11.3. The lowest BCUT2D eigenvalue weighted by molar-refractivity contribution is 0.0528. The van der Waals surface area contributed by atoms with Crippen molar-refractivity contribution in [3.63, 3.8) is 0 Å². The molecule has 3 aromatic carbocycles. The van der Waals surface area contributed by atoms with Crippen LogP contribution in [0, 0.1) is 0 Å². The van der Waals surface area contributed by atoms with Gasteiger partial charge in [0.05, 0.1) is 26.4 Å². The third kappa shape index (κ3) is 5.26. The van der Waals surface area contributed by atoms with E-state index in [1.54, 1.807) is 19.4 Å². The van der Waals surface area contributed by atoms with Crippen molar-refractivity contribution in [3.8, 4) is 5.75 Å². The summed E-state index contributed by atoms with van der Waals surface area (Å²) in [5, 5.41) is 13.6. The standard InChI is InChI=1S/C28H29N3O4/c1-34-20-24(32)19-31-18-17-26(29-27(31)33)30-28(21-9-5-3-6-10-21,22-11-7-4-8-12-22)23-13-15-25(35-2)16-14-23/h3-18,24,32H,19-20H2,1-2H3,(H,29,30,33)/t24-/m0/s1. The van der Waals surface area contributed by atoms with Crippen LogP contribution < -0.4 is 15.7 Å². The lowest BCUT2D eigenvalue weighted by Gasteiger charge is -2.37. The minimum absolute atomic E-state index is 0.0982. The maximum absolute atomic E-state index is 12.8. The number of methoxy groups -OCH3 is 2. The van der Waals surface area contributed by atoms with Gasteiger partial charge in [0.15, 0.2) is 0 Å². The molecular weight excluding hydrogens is 442 g/mol. The smallest absolute Gasteiger partial charge is 0.349 e. The van der Waals surface area contributed by atoms with E-state index in [9.17, 15) is 9.90 Å². The Hall–Kier alpha value is -3.94. The van der Waals surface area contributed by atoms with Crippen LogP contribution in [0.15, 0.2) is 102 Å². The van der Waals surface area contributed by atoms with Crippen LogP contribution in [0.4, 0.5) is 5.82 Å². The van der Waals surface area contributed by atoms with Crippen molar-refractivity contribution in [2.24, 2.45) is 0 Å². The van der Waals surface area contributed by atoms with E-state index in [1.165, 1.54) is 11.7 Å². The van der Waals surface area contributed by atoms with Crippen molar-refractivity contribution >= 4 is 5.82 Å². The zero-order valence-electron chi connectivity index (χ0n) is 19.8. The number of anilines is 1. The van der Waals surface area contributed by atoms with Gasteiger partial charge in [-0.2, -0.15) is 4.98 Å². The molecule has 7 heteroatoms. The summed E-state index contributed by atoms with van der Waals surface area (Å²) in [6.07, 6.45) is 0.830. The first kappa shape index (κ1) is 24.2. The number of hydrogen-bond acceptors (Lipinski definition) is 6. The van der Waals surface area contributed by atoms with Gasteiger partial charge in [-0.15, -0.1) is 0 Å². The van der Waals surface area contributed by atoms with Gasteiger partial charge in [-0.25, -0.2) is 4.79 Å². The van der Waals surface area contributed by atoms with Crippen LogP contribution in [-0.4, -0.2) is 41.6 Å². The Labute approximate surface area is 204 Å². The molecule has 0 bridgehead atoms. The average molecular weight is 472 g/mol. The molecule has 0 aliphatic carbocycles. The summed E-state index contributed by atoms with van der Waals surface area (Å²) in [4.78, 5) is 17.1. The number of aliphatic hydroxyl groups is 1. The Morgan fingerprint density at radius 3 is 1.97 bits per heavy atom. The predicted molar refractivity (Wildman–Crippen MR) is 136 cm³/mol. The minimum atomic E-state index is -0.837. The summed E-state index contributed by atoms with van der Waals surface area (Å²) in [6, 6.07) is 29.7. The van der Waals surface area contributed by atoms with Gasteiger partial charge in [-0.3, -0.25) is 4.57 Å². The first-order valence-electron chi connectivity index (χ1n) is 11.3. The summed E-state index contributed by atoms with van der Waals surface area (Å²) in [5.41, 5.74) is 1.62. The largest absolute Gasteiger partial charge is 0.497 e. The quantitative estimate of drug-likeness (QED) is 0.344. The van der Waals surface area contributed by atoms with Gasteiger partial charge in [-0.1, -0.05) is 72.8 Å². The Morgan fingerprint density at radius 1 is 0.886 bits per heavy atom. The molecular formula is C28H29N3O4. The van der Waals surface area contributed by atoms with Crippen molar-refractivity contribution in [2.45, 2.75) is 18.2 Å². The molecule has 1 heterocycles. The monoisotopic (exact) mass is 471 g/mol. The van der Waals surface area contributed by atoms with Crippen LogP contribution in [0.2, 0.25) is 0 Å². The van der Waals surface area contributed by atoms with E-state index < -0.39 is 17.3 Å². The Bertz CT molecular complexity index is 1240. The second kappa shape index (κ2) is 11.0. The van der Waals surface area contributed by atoms with Crippen LogP contribution in [0.1, 0.15) is 16.7 Å². The highest BCUT2D eigenvalue weighted by Crippen LogP contribution is 2.40. The second-order valence-corrected chi connectivity index (χ2v) is 8.19. The molecule has 0 spiro atoms. The van der Waals surface area contributed by atoms with Gasteiger partial charge in [-0.05, 0) is 34.9 Å². The maximum Gasteiger partial charge on any atom is 0.349 e. The van der Waals surface area contributed by atoms with Gasteiger partial charge >= 0.3 is 5.69 Å². The lowest BCUT2D eigenvalue weighted by Crippen LogP contribution is -2.39. The number of aromatic nitrogens is 2. The van der Waals surface area contributed by atoms with E-state index in [0.29, 0.717) is 5.82 Å². The summed E-state index contributed by atoms with van der Waals surface area (Å²) < 4.78 is 11.7. The molecule has 0 aliphatic rings. The Morgan fingerprint density at radius 2 is 1.46 bits per heavy atom. The molecule has 180 valence electrons. The van der Waals surface area contributed by atoms with Crippen molar-refractivity contribution < 1.29 is 14.6 Å². The predicted octanol–water partition coefficient (Wildman–Crippen LogP) is 3.66. The van der Waals surface area contributed by atoms with Crippen LogP contribution in [0.25, 0.3) is 0 Å². The average Bonchev–Trinajstić information content (AvgIpc) is 2.90. The van der Waals surface area contributed by atoms with Crippen molar-refractivity contribution in [1.29, 1.82) is 0 Å². The number of benzene rings is 3. The summed E-state index contributed by atoms with van der Waals surface area (Å²) >= 11 is 0. The highest BCUT2D eigenvalue weighted by atomic mass is 16.5. The van der Waals surface area contributed by atoms with Crippen LogP contribution in [-0.2, 0) is 16.8 Å². The maximum atomic E-state index is 12.8. The van der Waals surface area contributed by atoms with E-state index in [2.05, 4.69) is 10.3 Å². The topological polar surface area (TPSA) is 85.6 Å². The van der Waals surface area contributed by atoms with Gasteiger partial charge in [0.1, 0.15) is 17.1 Å². The number of nitrogens with one attached hydrogen (secondary N) is 1. The third-order valence-corrected chi connectivity index (χ3v) is 5.89. The normalized spacial score (nSPS) is 12.2. The van der Waals surface area contributed by atoms with E-state index in [4.69, 9.17) is 9.47 Å². The number of aliphatic hydroxyl groups excluding tert-OH is 1. The third-order valence-electron chi connectivity index (χ3n) is 5.89. The number of ether oxygens (including phenoxy) is 2. The summed E-state index contributed by atoms with van der Waals surface area (Å²) in [7, 11) is 3.14. The zero-order chi connectivity index (χ0) is 24.7. The van der Waals surface area contributed by atoms with Gasteiger partial charge in [0.2, 0.25) is 0 Å². The van der Waals surface area contributed by atoms with Crippen LogP contribution in [0.3, 0.4) is 0 Å². The van der Waals surface area contributed by atoms with E-state index >= 15 is 0 Å². The highest BCUT2D eigenvalue weighted by Gasteiger charge is 2.37. The molecule has 0 aliphatic heterocycles. The van der Waals surface area contributed by atoms with Gasteiger partial charge in [0.25, 0.3) is 0 Å². The van der Waals surface area contributed by atoms with Crippen molar-refractivity contribution in [3.05, 3.63) is 124 Å². The number of rotatable bonds is 10. The molecule has 4 rings (SSSR count). The Kier molecular flexibility index (Phi) is 7.60. The molecule has 0 fully saturated rings. The molecule has 0 radical (unpaired) electrons. The molecule has 1 atom stereocenters. The van der Waals surface area contributed by atoms with Crippen LogP contribution >= 0.6 is 0 Å². The molecule has 0 saturated carbocycles. The number of hydrogen-bond donors (Lipinski definition) is 2. The fourth-order valence-electron chi connectivity index (χ4n) is 4.24. The van der Waals surface area contributed by atoms with E-state index in [-0.39, 0.29) is 13.2 Å². The molecule has 4 aromatic rings. The molecule has 1 aromatic heterocycles. The highest BCUT2D eigenvalue weighted by molar-refractivity contribution is 5.58. The SMILES string of the molecule is COC[C@@H](O)Cn1ccc(NC(c2ccccc2)(c2ccccc2)c2ccc(OC)cc2)nc1=O. The van der Waals surface area contributed by atoms with Crippen molar-refractivity contribution in [2.75, 3.05) is 26.1 Å². The first-order chi connectivity index (χ1) is 17.1. The number of nitrogens with zero attached hydrogens (tertiary/aromatic N) is 2. The molecule has 35 heavy (non-hydrogen) atoms. The molecule has 0 saturated heterocycles. The summed E-state index contributed by atoms with van der Waals surface area (Å²) in [5.74, 6) is 1.16. The molecule has 2 N–H and O–H groups in total. The minimum Gasteiger partial charge on any atom is -0.497 e. The molecule has 0 unspecified atom stereocenters. The lowest BCUT2D eigenvalue weighted by atomic mass is 9.77. The molecule has 7 nitrogen and oxygen atoms in total. The fraction of sp³-hybridized carbons (Fsp3) is 0.214. The molecule has 0 amide bonds. The van der Waals surface area contributed by atoms with E-state index in [0.717, 1.165) is 22.4 Å². The van der Waals surface area contributed by atoms with Gasteiger partial charge in [0, 0.05) is 13.3 Å². The van der Waals surface area contributed by atoms with Gasteiger partial charge < -0.3 is 19.9 Å². The van der Waals surface area contributed by atoms with E-state index in [1.807, 2.05) is 84.9 Å². The van der Waals surface area contributed by atoms with Crippen LogP contribution in [0.5, 0.6) is 5.75 Å². The summed E-state index contributed by atoms with van der Waals surface area (Å²) in [6.45, 7) is 0.232. The zero-order valence-corrected chi connectivity index (χ0v) is 19.8. The Balaban J connectivity index is 1.85.